The number of carboxylic acid groups (broad SMARTS) is 2. The Labute approximate surface area is 200 Å². The molecule has 1 fully saturated rings. The van der Waals surface area contributed by atoms with E-state index in [2.05, 4.69) is 4.90 Å². The zero-order valence-electron chi connectivity index (χ0n) is 18.5. The maximum absolute atomic E-state index is 13.8. The fraction of sp³-hybridized carbons (Fsp3) is 0.375. The van der Waals surface area contributed by atoms with Crippen LogP contribution in [0.2, 0.25) is 0 Å². The molecule has 34 heavy (non-hydrogen) atoms. The Balaban J connectivity index is 0.000000350. The normalized spacial score (nSPS) is 17.4. The number of β-amino-alcohol motifs (C(OH)–C–C–N with tert-alkyl or cyclic N) is 1. The lowest BCUT2D eigenvalue weighted by molar-refractivity contribution is -0.134. The molecule has 1 aromatic carbocycles. The van der Waals surface area contributed by atoms with Crippen LogP contribution in [0.3, 0.4) is 0 Å². The third-order valence-corrected chi connectivity index (χ3v) is 6.78. The number of amides is 1. The lowest BCUT2D eigenvalue weighted by atomic mass is 9.95. The van der Waals surface area contributed by atoms with E-state index in [0.29, 0.717) is 30.2 Å². The summed E-state index contributed by atoms with van der Waals surface area (Å²) in [6, 6.07) is 8.46. The van der Waals surface area contributed by atoms with Gasteiger partial charge in [0.15, 0.2) is 0 Å². The molecule has 10 heteroatoms. The second kappa shape index (κ2) is 11.9. The molecule has 0 radical (unpaired) electrons. The lowest BCUT2D eigenvalue weighted by Crippen LogP contribution is -2.40. The number of carboxylic acids is 2. The van der Waals surface area contributed by atoms with Gasteiger partial charge in [0, 0.05) is 37.3 Å². The molecule has 1 amide bonds. The topological polar surface area (TPSA) is 118 Å². The highest BCUT2D eigenvalue weighted by atomic mass is 32.1. The third kappa shape index (κ3) is 6.96. The number of aliphatic hydroxyl groups excluding tert-OH is 1. The van der Waals surface area contributed by atoms with Crippen LogP contribution in [0.5, 0.6) is 0 Å². The van der Waals surface area contributed by atoms with Crippen LogP contribution < -0.4 is 0 Å². The quantitative estimate of drug-likeness (QED) is 0.511. The fourth-order valence-corrected chi connectivity index (χ4v) is 4.99. The SMILES string of the molecule is O=C(O)/C=C/C(=O)O.O=C1c2sccc2CN1CC1CCN(C[C@H](O)c2ccccc2F)CC1. The Kier molecular flexibility index (Phi) is 8.91. The molecule has 2 aliphatic heterocycles. The lowest BCUT2D eigenvalue weighted by Gasteiger charge is -2.34. The molecule has 2 aliphatic rings. The molecular formula is C24H27FN2O6S. The van der Waals surface area contributed by atoms with E-state index in [-0.39, 0.29) is 11.7 Å². The van der Waals surface area contributed by atoms with Gasteiger partial charge in [-0.15, -0.1) is 11.3 Å². The van der Waals surface area contributed by atoms with Crippen molar-refractivity contribution >= 4 is 29.2 Å². The van der Waals surface area contributed by atoms with E-state index >= 15 is 0 Å². The number of likely N-dealkylation sites (tertiary alicyclic amines) is 1. The van der Waals surface area contributed by atoms with Crippen molar-refractivity contribution in [3.63, 3.8) is 0 Å². The minimum Gasteiger partial charge on any atom is -0.478 e. The second-order valence-corrected chi connectivity index (χ2v) is 9.17. The van der Waals surface area contributed by atoms with Gasteiger partial charge >= 0.3 is 11.9 Å². The zero-order valence-corrected chi connectivity index (χ0v) is 19.3. The van der Waals surface area contributed by atoms with Crippen molar-refractivity contribution in [2.45, 2.75) is 25.5 Å². The highest BCUT2D eigenvalue weighted by Gasteiger charge is 2.31. The van der Waals surface area contributed by atoms with Crippen molar-refractivity contribution in [3.8, 4) is 0 Å². The number of aliphatic carboxylic acids is 2. The van der Waals surface area contributed by atoms with Gasteiger partial charge in [-0.05, 0) is 54.9 Å². The van der Waals surface area contributed by atoms with E-state index in [1.165, 1.54) is 17.4 Å². The molecule has 3 heterocycles. The van der Waals surface area contributed by atoms with Gasteiger partial charge in [-0.25, -0.2) is 14.0 Å². The van der Waals surface area contributed by atoms with Crippen LogP contribution in [0.25, 0.3) is 0 Å². The smallest absolute Gasteiger partial charge is 0.328 e. The summed E-state index contributed by atoms with van der Waals surface area (Å²) in [5.41, 5.74) is 1.52. The first-order chi connectivity index (χ1) is 16.2. The number of nitrogens with zero attached hydrogens (tertiary/aromatic N) is 2. The van der Waals surface area contributed by atoms with Crippen LogP contribution in [0.1, 0.15) is 39.7 Å². The molecule has 0 aliphatic carbocycles. The minimum absolute atomic E-state index is 0.174. The van der Waals surface area contributed by atoms with Crippen LogP contribution in [0.15, 0.2) is 47.9 Å². The highest BCUT2D eigenvalue weighted by molar-refractivity contribution is 7.12. The van der Waals surface area contributed by atoms with Gasteiger partial charge in [-0.3, -0.25) is 4.79 Å². The molecule has 1 atom stereocenters. The van der Waals surface area contributed by atoms with Gasteiger partial charge in [0.05, 0.1) is 11.0 Å². The van der Waals surface area contributed by atoms with Gasteiger partial charge in [-0.2, -0.15) is 0 Å². The van der Waals surface area contributed by atoms with Gasteiger partial charge in [0.2, 0.25) is 0 Å². The first kappa shape index (κ1) is 25.5. The van der Waals surface area contributed by atoms with Crippen molar-refractivity contribution < 1.29 is 34.1 Å². The summed E-state index contributed by atoms with van der Waals surface area (Å²) in [4.78, 5) is 36.6. The number of hydrogen-bond donors (Lipinski definition) is 3. The van der Waals surface area contributed by atoms with E-state index in [4.69, 9.17) is 10.2 Å². The largest absolute Gasteiger partial charge is 0.478 e. The molecule has 8 nitrogen and oxygen atoms in total. The Bertz CT molecular complexity index is 1030. The Morgan fingerprint density at radius 3 is 2.35 bits per heavy atom. The highest BCUT2D eigenvalue weighted by Crippen LogP contribution is 2.30. The maximum atomic E-state index is 13.8. The van der Waals surface area contributed by atoms with E-state index in [0.717, 1.165) is 49.5 Å². The van der Waals surface area contributed by atoms with Crippen LogP contribution in [-0.4, -0.2) is 69.1 Å². The predicted octanol–water partition coefficient (Wildman–Crippen LogP) is 3.00. The Morgan fingerprint density at radius 1 is 1.12 bits per heavy atom. The zero-order chi connectivity index (χ0) is 24.7. The number of carbonyl (C=O) groups is 3. The number of hydrogen-bond acceptors (Lipinski definition) is 6. The van der Waals surface area contributed by atoms with E-state index < -0.39 is 18.0 Å². The molecule has 0 spiro atoms. The number of halogens is 1. The number of piperidine rings is 1. The Morgan fingerprint density at radius 2 is 1.76 bits per heavy atom. The number of fused-ring (bicyclic) bond motifs is 1. The van der Waals surface area contributed by atoms with Crippen molar-refractivity contribution in [1.29, 1.82) is 0 Å². The standard InChI is InChI=1S/C20H23FN2O2S.C4H4O4/c21-17-4-2-1-3-16(17)18(24)13-22-8-5-14(6-9-22)11-23-12-15-7-10-26-19(15)20(23)25;5-3(6)1-2-4(7)8/h1-4,7,10,14,18,24H,5-6,8-9,11-13H2;1-2H,(H,5,6)(H,7,8)/b;2-1+/t18-;/m0./s1. The molecule has 3 N–H and O–H groups in total. The van der Waals surface area contributed by atoms with Crippen molar-refractivity contribution in [1.82, 2.24) is 9.80 Å². The minimum atomic E-state index is -1.26. The molecule has 4 rings (SSSR count). The maximum Gasteiger partial charge on any atom is 0.328 e. The van der Waals surface area contributed by atoms with Gasteiger partial charge in [0.25, 0.3) is 5.91 Å². The molecule has 0 saturated carbocycles. The summed E-state index contributed by atoms with van der Waals surface area (Å²) in [6.07, 6.45) is 2.32. The summed E-state index contributed by atoms with van der Waals surface area (Å²) in [6.45, 7) is 3.75. The van der Waals surface area contributed by atoms with Gasteiger partial charge < -0.3 is 25.1 Å². The number of carbonyl (C=O) groups excluding carboxylic acids is 1. The molecule has 1 saturated heterocycles. The number of thiophene rings is 1. The molecule has 182 valence electrons. The second-order valence-electron chi connectivity index (χ2n) is 8.25. The molecule has 2 aromatic rings. The molecule has 0 unspecified atom stereocenters. The Hall–Kier alpha value is -3.08. The van der Waals surface area contributed by atoms with Crippen molar-refractivity contribution in [2.75, 3.05) is 26.2 Å². The summed E-state index contributed by atoms with van der Waals surface area (Å²) in [5, 5.41) is 27.9. The van der Waals surface area contributed by atoms with E-state index in [1.54, 1.807) is 18.2 Å². The van der Waals surface area contributed by atoms with E-state index in [1.807, 2.05) is 16.3 Å². The van der Waals surface area contributed by atoms with Crippen molar-refractivity contribution in [2.24, 2.45) is 5.92 Å². The average molecular weight is 491 g/mol. The van der Waals surface area contributed by atoms with Crippen LogP contribution in [0, 0.1) is 11.7 Å². The molecular weight excluding hydrogens is 463 g/mol. The number of rotatable bonds is 7. The monoisotopic (exact) mass is 490 g/mol. The molecule has 1 aromatic heterocycles. The van der Waals surface area contributed by atoms with Crippen LogP contribution >= 0.6 is 11.3 Å². The summed E-state index contributed by atoms with van der Waals surface area (Å²) in [7, 11) is 0. The number of benzene rings is 1. The van der Waals surface area contributed by atoms with Crippen molar-refractivity contribution in [3.05, 3.63) is 69.7 Å². The first-order valence-electron chi connectivity index (χ1n) is 10.9. The third-order valence-electron chi connectivity index (χ3n) is 5.84. The van der Waals surface area contributed by atoms with Gasteiger partial charge in [-0.1, -0.05) is 18.2 Å². The summed E-state index contributed by atoms with van der Waals surface area (Å²) >= 11 is 1.53. The molecule has 0 bridgehead atoms. The first-order valence-corrected chi connectivity index (χ1v) is 11.8. The number of aliphatic hydroxyl groups is 1. The van der Waals surface area contributed by atoms with Crippen LogP contribution in [0.4, 0.5) is 4.39 Å². The average Bonchev–Trinajstić information content (AvgIpc) is 3.37. The van der Waals surface area contributed by atoms with E-state index in [9.17, 15) is 23.9 Å². The van der Waals surface area contributed by atoms with Crippen LogP contribution in [-0.2, 0) is 16.1 Å². The summed E-state index contributed by atoms with van der Waals surface area (Å²) in [5.74, 6) is -2.20. The van der Waals surface area contributed by atoms with Gasteiger partial charge in [0.1, 0.15) is 5.82 Å². The summed E-state index contributed by atoms with van der Waals surface area (Å²) < 4.78 is 13.8. The fourth-order valence-electron chi connectivity index (χ4n) is 4.11. The predicted molar refractivity (Wildman–Crippen MR) is 124 cm³/mol.